The van der Waals surface area contributed by atoms with E-state index in [1.54, 1.807) is 12.1 Å². The summed E-state index contributed by atoms with van der Waals surface area (Å²) in [4.78, 5) is 0. The van der Waals surface area contributed by atoms with E-state index in [1.165, 1.54) is 27.5 Å². The summed E-state index contributed by atoms with van der Waals surface area (Å²) >= 11 is 0. The first-order valence-corrected chi connectivity index (χ1v) is 13.9. The molecule has 2 aromatic heterocycles. The molecule has 0 spiro atoms. The van der Waals surface area contributed by atoms with Gasteiger partial charge in [0.05, 0.1) is 27.7 Å². The Balaban J connectivity index is 1.64. The van der Waals surface area contributed by atoms with Crippen LogP contribution in [0, 0.1) is 12.7 Å². The third-order valence-electron chi connectivity index (χ3n) is 8.45. The van der Waals surface area contributed by atoms with Gasteiger partial charge in [0, 0.05) is 22.9 Å². The Morgan fingerprint density at radius 3 is 2.02 bits per heavy atom. The zero-order valence-electron chi connectivity index (χ0n) is 23.6. The number of fused-ring (bicyclic) bond motifs is 5. The van der Waals surface area contributed by atoms with Crippen LogP contribution in [-0.4, -0.2) is 4.57 Å². The molecule has 0 fully saturated rings. The van der Waals surface area contributed by atoms with Gasteiger partial charge in [-0.2, -0.15) is 4.57 Å². The predicted octanol–water partition coefficient (Wildman–Crippen LogP) is 9.33. The molecule has 40 heavy (non-hydrogen) atoms. The van der Waals surface area contributed by atoms with Crippen LogP contribution in [0.5, 0.6) is 0 Å². The SMILES string of the molecule is Cc1c(-c2cc(-n3c4ccccc4c4cc(F)ccc43)c3ccccc3[n+]2C)cc(C(C)(C)C)c2ccccc12. The Morgan fingerprint density at radius 2 is 1.27 bits per heavy atom. The third-order valence-corrected chi connectivity index (χ3v) is 8.45. The van der Waals surface area contributed by atoms with Crippen molar-refractivity contribution in [1.82, 2.24) is 4.57 Å². The Kier molecular flexibility index (Phi) is 5.37. The van der Waals surface area contributed by atoms with Crippen LogP contribution in [0.2, 0.25) is 0 Å². The van der Waals surface area contributed by atoms with Crippen molar-refractivity contribution in [1.29, 1.82) is 0 Å². The minimum absolute atomic E-state index is 0.0167. The lowest BCUT2D eigenvalue weighted by molar-refractivity contribution is -0.633. The van der Waals surface area contributed by atoms with E-state index in [0.717, 1.165) is 44.1 Å². The van der Waals surface area contributed by atoms with Crippen LogP contribution in [0.4, 0.5) is 4.39 Å². The summed E-state index contributed by atoms with van der Waals surface area (Å²) in [6.07, 6.45) is 0. The highest BCUT2D eigenvalue weighted by Crippen LogP contribution is 2.40. The molecule has 0 aliphatic rings. The Bertz CT molecular complexity index is 2130. The lowest BCUT2D eigenvalue weighted by Crippen LogP contribution is -2.33. The fourth-order valence-corrected chi connectivity index (χ4v) is 6.47. The molecular formula is C37H32FN2+. The van der Waals surface area contributed by atoms with Crippen molar-refractivity contribution in [2.24, 2.45) is 7.05 Å². The maximum Gasteiger partial charge on any atom is 0.215 e. The average molecular weight is 524 g/mol. The fourth-order valence-electron chi connectivity index (χ4n) is 6.47. The van der Waals surface area contributed by atoms with E-state index < -0.39 is 0 Å². The number of hydrogen-bond donors (Lipinski definition) is 0. The van der Waals surface area contributed by atoms with E-state index in [2.05, 4.69) is 123 Å². The summed E-state index contributed by atoms with van der Waals surface area (Å²) in [5.41, 5.74) is 9.27. The van der Waals surface area contributed by atoms with Crippen molar-refractivity contribution < 1.29 is 8.96 Å². The van der Waals surface area contributed by atoms with E-state index in [9.17, 15) is 4.39 Å². The summed E-state index contributed by atoms with van der Waals surface area (Å²) in [7, 11) is 2.16. The topological polar surface area (TPSA) is 8.81 Å². The number of nitrogens with zero attached hydrogens (tertiary/aromatic N) is 2. The van der Waals surface area contributed by atoms with Gasteiger partial charge in [-0.05, 0) is 70.6 Å². The van der Waals surface area contributed by atoms with Crippen LogP contribution in [-0.2, 0) is 12.5 Å². The van der Waals surface area contributed by atoms with Gasteiger partial charge >= 0.3 is 0 Å². The van der Waals surface area contributed by atoms with Gasteiger partial charge in [-0.25, -0.2) is 4.39 Å². The Hall–Kier alpha value is -4.50. The minimum Gasteiger partial charge on any atom is -0.308 e. The van der Waals surface area contributed by atoms with E-state index >= 15 is 0 Å². The van der Waals surface area contributed by atoms with Gasteiger partial charge in [-0.15, -0.1) is 0 Å². The van der Waals surface area contributed by atoms with Crippen molar-refractivity contribution in [3.05, 3.63) is 120 Å². The predicted molar refractivity (Wildman–Crippen MR) is 166 cm³/mol. The molecule has 2 nitrogen and oxygen atoms in total. The number of pyridine rings is 1. The summed E-state index contributed by atoms with van der Waals surface area (Å²) in [5, 5.41) is 5.71. The van der Waals surface area contributed by atoms with Crippen molar-refractivity contribution in [2.75, 3.05) is 0 Å². The zero-order chi connectivity index (χ0) is 27.8. The van der Waals surface area contributed by atoms with Crippen molar-refractivity contribution in [2.45, 2.75) is 33.1 Å². The first-order valence-electron chi connectivity index (χ1n) is 13.9. The molecule has 0 N–H and O–H groups in total. The number of hydrogen-bond acceptors (Lipinski definition) is 0. The molecule has 0 saturated heterocycles. The van der Waals surface area contributed by atoms with Crippen LogP contribution in [0.3, 0.4) is 0 Å². The smallest absolute Gasteiger partial charge is 0.215 e. The first kappa shape index (κ1) is 24.5. The molecule has 0 aliphatic heterocycles. The largest absolute Gasteiger partial charge is 0.308 e. The monoisotopic (exact) mass is 523 g/mol. The van der Waals surface area contributed by atoms with E-state index in [-0.39, 0.29) is 11.2 Å². The van der Waals surface area contributed by atoms with Crippen molar-refractivity contribution in [3.63, 3.8) is 0 Å². The maximum absolute atomic E-state index is 14.5. The van der Waals surface area contributed by atoms with E-state index in [1.807, 2.05) is 12.1 Å². The van der Waals surface area contributed by atoms with Crippen LogP contribution >= 0.6 is 0 Å². The number of benzene rings is 5. The highest BCUT2D eigenvalue weighted by molar-refractivity contribution is 6.10. The summed E-state index contributed by atoms with van der Waals surface area (Å²) in [6, 6.07) is 35.5. The molecule has 196 valence electrons. The first-order chi connectivity index (χ1) is 19.2. The van der Waals surface area contributed by atoms with Gasteiger partial charge < -0.3 is 4.57 Å². The molecule has 7 rings (SSSR count). The van der Waals surface area contributed by atoms with Crippen LogP contribution in [0.25, 0.3) is 60.4 Å². The normalized spacial score (nSPS) is 12.2. The minimum atomic E-state index is -0.220. The summed E-state index contributed by atoms with van der Waals surface area (Å²) < 4.78 is 19.1. The molecule has 2 heterocycles. The van der Waals surface area contributed by atoms with Gasteiger partial charge in [0.15, 0.2) is 0 Å². The average Bonchev–Trinajstić information content (AvgIpc) is 3.27. The molecule has 7 aromatic rings. The van der Waals surface area contributed by atoms with Gasteiger partial charge in [0.25, 0.3) is 0 Å². The molecule has 0 bridgehead atoms. The Morgan fingerprint density at radius 1 is 0.650 bits per heavy atom. The van der Waals surface area contributed by atoms with Crippen LogP contribution in [0.1, 0.15) is 31.9 Å². The molecule has 0 unspecified atom stereocenters. The summed E-state index contributed by atoms with van der Waals surface area (Å²) in [5.74, 6) is -0.220. The standard InChI is InChI=1S/C37H32FN2/c1-23-25-12-6-7-13-26(25)31(37(2,3)4)21-29(23)35-22-36(28-15-9-10-16-32(28)39(35)5)40-33-17-11-8-14-27(33)30-20-24(38)18-19-34(30)40/h6-22H,1-5H3/q+1. The molecule has 0 radical (unpaired) electrons. The van der Waals surface area contributed by atoms with Gasteiger partial charge in [0.2, 0.25) is 11.2 Å². The molecular weight excluding hydrogens is 491 g/mol. The molecule has 0 atom stereocenters. The molecule has 3 heteroatoms. The highest BCUT2D eigenvalue weighted by Gasteiger charge is 2.26. The van der Waals surface area contributed by atoms with Crippen LogP contribution in [0.15, 0.2) is 103 Å². The lowest BCUT2D eigenvalue weighted by Gasteiger charge is -2.24. The Labute approximate surface area is 233 Å². The maximum atomic E-state index is 14.5. The molecule has 5 aromatic carbocycles. The summed E-state index contributed by atoms with van der Waals surface area (Å²) in [6.45, 7) is 9.10. The quantitative estimate of drug-likeness (QED) is 0.200. The second kappa shape index (κ2) is 8.76. The van der Waals surface area contributed by atoms with E-state index in [4.69, 9.17) is 0 Å². The molecule has 0 saturated carbocycles. The molecule has 0 aliphatic carbocycles. The molecule has 0 amide bonds. The van der Waals surface area contributed by atoms with E-state index in [0.29, 0.717) is 0 Å². The van der Waals surface area contributed by atoms with Gasteiger partial charge in [0.1, 0.15) is 12.9 Å². The zero-order valence-corrected chi connectivity index (χ0v) is 23.6. The second-order valence-corrected chi connectivity index (χ2v) is 11.9. The number of halogens is 1. The number of para-hydroxylation sites is 2. The number of aryl methyl sites for hydroxylation is 2. The van der Waals surface area contributed by atoms with Gasteiger partial charge in [-0.3, -0.25) is 0 Å². The third kappa shape index (κ3) is 3.57. The second-order valence-electron chi connectivity index (χ2n) is 11.9. The van der Waals surface area contributed by atoms with Crippen molar-refractivity contribution in [3.8, 4) is 16.9 Å². The highest BCUT2D eigenvalue weighted by atomic mass is 19.1. The number of aromatic nitrogens is 2. The number of rotatable bonds is 2. The lowest BCUT2D eigenvalue weighted by atomic mass is 9.80. The van der Waals surface area contributed by atoms with Crippen LogP contribution < -0.4 is 4.57 Å². The van der Waals surface area contributed by atoms with Crippen molar-refractivity contribution >= 4 is 43.5 Å². The van der Waals surface area contributed by atoms with Gasteiger partial charge in [-0.1, -0.05) is 75.4 Å². The fraction of sp³-hybridized carbons (Fsp3) is 0.162.